The first-order valence-electron chi connectivity index (χ1n) is 9.97. The van der Waals surface area contributed by atoms with Crippen LogP contribution in [0, 0.1) is 23.8 Å². The van der Waals surface area contributed by atoms with Gasteiger partial charge in [0.25, 0.3) is 0 Å². The fraction of sp³-hybridized carbons (Fsp3) is 0. The van der Waals surface area contributed by atoms with Crippen molar-refractivity contribution < 1.29 is 26.7 Å². The third-order valence-electron chi connectivity index (χ3n) is 4.44. The minimum absolute atomic E-state index is 0.187. The van der Waals surface area contributed by atoms with E-state index in [4.69, 9.17) is 0 Å². The molecule has 0 aliphatic heterocycles. The van der Waals surface area contributed by atoms with Gasteiger partial charge in [0, 0.05) is 24.0 Å². The molecule has 5 aromatic rings. The van der Waals surface area contributed by atoms with Crippen molar-refractivity contribution in [3.63, 3.8) is 0 Å². The summed E-state index contributed by atoms with van der Waals surface area (Å²) in [6, 6.07) is 32.3. The fourth-order valence-corrected chi connectivity index (χ4v) is 2.95. The van der Waals surface area contributed by atoms with Crippen molar-refractivity contribution in [1.82, 2.24) is 15.0 Å². The molecule has 170 valence electrons. The molecule has 0 unspecified atom stereocenters. The number of hydrogen-bond donors (Lipinski definition) is 0. The Bertz CT molecular complexity index is 1240. The molecule has 0 aliphatic rings. The van der Waals surface area contributed by atoms with Crippen LogP contribution in [0.2, 0.25) is 0 Å². The van der Waals surface area contributed by atoms with Crippen molar-refractivity contribution in [3.05, 3.63) is 127 Å². The second kappa shape index (κ2) is 13.4. The topological polar surface area (TPSA) is 38.7 Å². The number of rotatable bonds is 3. The first-order valence-corrected chi connectivity index (χ1v) is 12.9. The monoisotopic (exact) mass is 649 g/mol. The first kappa shape index (κ1) is 25.3. The van der Waals surface area contributed by atoms with E-state index in [1.54, 1.807) is 30.6 Å². The van der Waals surface area contributed by atoms with Gasteiger partial charge in [0.15, 0.2) is 0 Å². The summed E-state index contributed by atoms with van der Waals surface area (Å²) in [7, 11) is 4.64. The van der Waals surface area contributed by atoms with Gasteiger partial charge >= 0.3 is 27.5 Å². The maximum absolute atomic E-state index is 13.2. The van der Waals surface area contributed by atoms with E-state index in [0.717, 1.165) is 34.8 Å². The van der Waals surface area contributed by atoms with E-state index in [0.29, 0.717) is 5.69 Å². The summed E-state index contributed by atoms with van der Waals surface area (Å²) >= 11 is 1.47. The predicted octanol–water partition coefficient (Wildman–Crippen LogP) is 7.12. The van der Waals surface area contributed by atoms with Crippen LogP contribution in [0.15, 0.2) is 103 Å². The third kappa shape index (κ3) is 7.09. The Labute approximate surface area is 211 Å². The Morgan fingerprint density at radius 2 is 1.32 bits per heavy atom. The van der Waals surface area contributed by atoms with Crippen LogP contribution >= 0.6 is 9.58 Å². The molecule has 0 atom stereocenters. The van der Waals surface area contributed by atoms with Gasteiger partial charge in [-0.05, 0) is 35.7 Å². The molecule has 5 rings (SSSR count). The van der Waals surface area contributed by atoms with E-state index < -0.39 is 11.6 Å². The summed E-state index contributed by atoms with van der Waals surface area (Å²) in [4.78, 5) is 12.9. The summed E-state index contributed by atoms with van der Waals surface area (Å²) in [5, 5.41) is 0. The van der Waals surface area contributed by atoms with Gasteiger partial charge in [0.05, 0.1) is 11.4 Å². The summed E-state index contributed by atoms with van der Waals surface area (Å²) in [5.74, 6) is -1.29. The fourth-order valence-electron chi connectivity index (χ4n) is 2.95. The van der Waals surface area contributed by atoms with Crippen molar-refractivity contribution >= 4 is 9.58 Å². The molecule has 0 amide bonds. The molecule has 3 aromatic heterocycles. The standard InChI is InChI=1S/C16H11N2.C11H6F2N.ClH.Ir/c1-2-7-13(8-3-1)14-10-6-11-16(18-14)15-9-4-5-12-17-15;12-8-4-5-9(10(13)7-8)11-3-1-2-6-14-11;;/h1-7,9-12H;1-4,6-7H;1H;/q2*-1;;+3/p-1. The van der Waals surface area contributed by atoms with E-state index in [2.05, 4.69) is 36.7 Å². The molecule has 34 heavy (non-hydrogen) atoms. The van der Waals surface area contributed by atoms with Crippen molar-refractivity contribution in [2.24, 2.45) is 0 Å². The van der Waals surface area contributed by atoms with E-state index in [-0.39, 0.29) is 5.56 Å². The van der Waals surface area contributed by atoms with E-state index in [1.165, 1.54) is 17.9 Å². The smallest absolute Gasteiger partial charge is 0.0876 e. The molecule has 0 aliphatic carbocycles. The van der Waals surface area contributed by atoms with Crippen LogP contribution in [0.3, 0.4) is 0 Å². The molecular weight excluding hydrogens is 632 g/mol. The molecule has 0 N–H and O–H groups in total. The van der Waals surface area contributed by atoms with E-state index in [1.807, 2.05) is 60.7 Å². The SMILES string of the molecule is Fc1c[c-]c(-c2ccccn2)c(F)c1.[Cl][Ir+2].[c-]1ccccc1-c1cccc(-c2ccccn2)n1. The number of hydrogen-bond acceptors (Lipinski definition) is 3. The van der Waals surface area contributed by atoms with Gasteiger partial charge in [0.2, 0.25) is 0 Å². The maximum atomic E-state index is 13.2. The Balaban J connectivity index is 0.000000183. The molecule has 0 radical (unpaired) electrons. The molecule has 3 heterocycles. The van der Waals surface area contributed by atoms with Gasteiger partial charge in [-0.15, -0.1) is 48.0 Å². The molecule has 7 heteroatoms. The van der Waals surface area contributed by atoms with Gasteiger partial charge in [-0.1, -0.05) is 42.0 Å². The Morgan fingerprint density at radius 3 is 1.94 bits per heavy atom. The van der Waals surface area contributed by atoms with Crippen LogP contribution in [0.1, 0.15) is 0 Å². The van der Waals surface area contributed by atoms with Gasteiger partial charge in [-0.25, -0.2) is 0 Å². The summed E-state index contributed by atoms with van der Waals surface area (Å²) in [5.41, 5.74) is 4.31. The largest absolute Gasteiger partial charge is 0.295 e. The number of pyridine rings is 3. The number of halogens is 3. The Hall–Kier alpha value is -3.31. The molecular formula is C27H17ClF2IrN3. The minimum Gasteiger partial charge on any atom is -0.295 e. The van der Waals surface area contributed by atoms with Crippen molar-refractivity contribution in [1.29, 1.82) is 0 Å². The quantitative estimate of drug-likeness (QED) is 0.196. The van der Waals surface area contributed by atoms with Crippen LogP contribution in [-0.4, -0.2) is 15.0 Å². The van der Waals surface area contributed by atoms with Crippen LogP contribution in [-0.2, 0) is 17.9 Å². The van der Waals surface area contributed by atoms with Crippen LogP contribution in [0.25, 0.3) is 33.9 Å². The molecule has 0 saturated heterocycles. The Morgan fingerprint density at radius 1 is 0.676 bits per heavy atom. The van der Waals surface area contributed by atoms with E-state index >= 15 is 0 Å². The van der Waals surface area contributed by atoms with Crippen molar-refractivity contribution in [2.75, 3.05) is 0 Å². The molecule has 0 spiro atoms. The first-order chi connectivity index (χ1) is 16.7. The zero-order chi connectivity index (χ0) is 24.2. The van der Waals surface area contributed by atoms with Gasteiger partial charge in [-0.2, -0.15) is 0 Å². The predicted molar refractivity (Wildman–Crippen MR) is 126 cm³/mol. The molecule has 0 fully saturated rings. The summed E-state index contributed by atoms with van der Waals surface area (Å²) < 4.78 is 25.8. The molecule has 0 saturated carbocycles. The van der Waals surface area contributed by atoms with Crippen molar-refractivity contribution in [2.45, 2.75) is 0 Å². The minimum atomic E-state index is -0.649. The number of benzene rings is 2. The average molecular weight is 649 g/mol. The summed E-state index contributed by atoms with van der Waals surface area (Å²) in [6.07, 6.45) is 3.32. The number of nitrogens with zero attached hydrogens (tertiary/aromatic N) is 3. The van der Waals surface area contributed by atoms with Crippen LogP contribution in [0.4, 0.5) is 8.78 Å². The Kier molecular flexibility index (Phi) is 9.98. The van der Waals surface area contributed by atoms with Crippen molar-refractivity contribution in [3.8, 4) is 33.9 Å². The van der Waals surface area contributed by atoms with Gasteiger partial charge in [0.1, 0.15) is 0 Å². The van der Waals surface area contributed by atoms with Crippen LogP contribution < -0.4 is 0 Å². The second-order valence-corrected chi connectivity index (χ2v) is 6.66. The zero-order valence-electron chi connectivity index (χ0n) is 17.6. The van der Waals surface area contributed by atoms with E-state index in [9.17, 15) is 8.78 Å². The molecule has 3 nitrogen and oxygen atoms in total. The second-order valence-electron chi connectivity index (χ2n) is 6.66. The number of aromatic nitrogens is 3. The summed E-state index contributed by atoms with van der Waals surface area (Å²) in [6.45, 7) is 0. The maximum Gasteiger partial charge on any atom is 0.0876 e. The zero-order valence-corrected chi connectivity index (χ0v) is 20.8. The molecule has 0 bridgehead atoms. The third-order valence-corrected chi connectivity index (χ3v) is 4.44. The van der Waals surface area contributed by atoms with Crippen LogP contribution in [0.5, 0.6) is 0 Å². The van der Waals surface area contributed by atoms with Gasteiger partial charge in [-0.3, -0.25) is 18.7 Å². The molecule has 2 aromatic carbocycles. The van der Waals surface area contributed by atoms with Gasteiger partial charge < -0.3 is 4.98 Å². The average Bonchev–Trinajstić information content (AvgIpc) is 2.92. The normalized spacial score (nSPS) is 9.76.